The molecular weight excluding hydrogens is 745 g/mol. The summed E-state index contributed by atoms with van der Waals surface area (Å²) in [5.41, 5.74) is 3.43. The minimum Gasteiger partial charge on any atom is -0.493 e. The lowest BCUT2D eigenvalue weighted by molar-refractivity contribution is 0.0934. The van der Waals surface area contributed by atoms with Crippen molar-refractivity contribution in [2.45, 2.75) is 0 Å². The van der Waals surface area contributed by atoms with E-state index in [0.717, 1.165) is 11.1 Å². The summed E-state index contributed by atoms with van der Waals surface area (Å²) in [5, 5.41) is 5.69. The molecule has 5 aromatic rings. The molecule has 0 aliphatic carbocycles. The van der Waals surface area contributed by atoms with Crippen molar-refractivity contribution in [1.82, 2.24) is 20.6 Å². The van der Waals surface area contributed by atoms with Gasteiger partial charge in [0.25, 0.3) is 11.8 Å². The van der Waals surface area contributed by atoms with Crippen LogP contribution in [0.4, 0.5) is 0 Å². The molecule has 302 valence electrons. The summed E-state index contributed by atoms with van der Waals surface area (Å²) >= 11 is 0. The molecule has 0 spiro atoms. The van der Waals surface area contributed by atoms with Crippen molar-refractivity contribution in [3.63, 3.8) is 0 Å². The number of carbonyl (C=O) groups is 2. The molecule has 0 unspecified atom stereocenters. The average molecular weight is 791 g/mol. The lowest BCUT2D eigenvalue weighted by Crippen LogP contribution is -2.29. The Hall–Kier alpha value is -7.22. The van der Waals surface area contributed by atoms with Gasteiger partial charge in [0, 0.05) is 23.5 Å². The van der Waals surface area contributed by atoms with Gasteiger partial charge >= 0.3 is 0 Å². The van der Waals surface area contributed by atoms with Crippen molar-refractivity contribution in [3.05, 3.63) is 119 Å². The second-order valence-electron chi connectivity index (χ2n) is 12.2. The van der Waals surface area contributed by atoms with Crippen LogP contribution in [0.5, 0.6) is 46.0 Å². The predicted molar refractivity (Wildman–Crippen MR) is 221 cm³/mol. The maximum atomic E-state index is 12.7. The highest BCUT2D eigenvalue weighted by Gasteiger charge is 2.16. The Balaban J connectivity index is 1.51. The summed E-state index contributed by atoms with van der Waals surface area (Å²) in [5.74, 6) is 3.25. The number of methoxy groups -OCH3 is 6. The molecule has 0 atom stereocenters. The van der Waals surface area contributed by atoms with E-state index in [1.165, 1.54) is 0 Å². The van der Waals surface area contributed by atoms with Crippen LogP contribution in [0.1, 0.15) is 43.2 Å². The third kappa shape index (κ3) is 11.0. The number of aromatic nitrogens is 2. The van der Waals surface area contributed by atoms with Crippen LogP contribution in [-0.2, 0) is 0 Å². The quantitative estimate of drug-likeness (QED) is 0.0654. The van der Waals surface area contributed by atoms with Crippen LogP contribution in [0.15, 0.2) is 85.2 Å². The van der Waals surface area contributed by atoms with Crippen LogP contribution in [-0.4, -0.2) is 90.7 Å². The smallest absolute Gasteiger partial charge is 0.269 e. The first kappa shape index (κ1) is 41.9. The minimum absolute atomic E-state index is 0.138. The van der Waals surface area contributed by atoms with Gasteiger partial charge < -0.3 is 48.5 Å². The van der Waals surface area contributed by atoms with E-state index in [2.05, 4.69) is 20.6 Å². The summed E-state index contributed by atoms with van der Waals surface area (Å²) in [7, 11) is 9.29. The molecule has 2 aromatic heterocycles. The number of carbonyl (C=O) groups excluding carboxylic acids is 2. The Morgan fingerprint density at radius 3 is 1.19 bits per heavy atom. The van der Waals surface area contributed by atoms with Crippen molar-refractivity contribution in [2.24, 2.45) is 0 Å². The molecule has 2 amide bonds. The largest absolute Gasteiger partial charge is 0.493 e. The summed E-state index contributed by atoms with van der Waals surface area (Å²) in [6, 6.07) is 21.2. The van der Waals surface area contributed by atoms with Crippen molar-refractivity contribution in [1.29, 1.82) is 0 Å². The highest BCUT2D eigenvalue weighted by molar-refractivity contribution is 5.92. The fourth-order valence-electron chi connectivity index (χ4n) is 5.70. The average Bonchev–Trinajstić information content (AvgIpc) is 3.27. The van der Waals surface area contributed by atoms with Gasteiger partial charge in [-0.05, 0) is 71.8 Å². The number of pyridine rings is 2. The molecule has 14 nitrogen and oxygen atoms in total. The van der Waals surface area contributed by atoms with Crippen LogP contribution in [0, 0.1) is 0 Å². The zero-order chi connectivity index (χ0) is 41.3. The van der Waals surface area contributed by atoms with Gasteiger partial charge in [0.1, 0.15) is 36.1 Å². The molecular formula is C44H46N4O10. The molecule has 2 heterocycles. The van der Waals surface area contributed by atoms with Gasteiger partial charge in [-0.15, -0.1) is 0 Å². The zero-order valence-corrected chi connectivity index (χ0v) is 33.2. The Kier molecular flexibility index (Phi) is 15.3. The maximum Gasteiger partial charge on any atom is 0.269 e. The maximum absolute atomic E-state index is 12.7. The van der Waals surface area contributed by atoms with E-state index in [4.69, 9.17) is 37.9 Å². The molecule has 0 bridgehead atoms. The topological polar surface area (TPSA) is 158 Å². The van der Waals surface area contributed by atoms with Crippen LogP contribution >= 0.6 is 0 Å². The van der Waals surface area contributed by atoms with E-state index >= 15 is 0 Å². The monoisotopic (exact) mass is 790 g/mol. The summed E-state index contributed by atoms with van der Waals surface area (Å²) in [4.78, 5) is 33.6. The number of nitrogens with zero attached hydrogens (tertiary/aromatic N) is 2. The Morgan fingerprint density at radius 2 is 0.879 bits per heavy atom. The molecule has 0 aliphatic rings. The first-order valence-electron chi connectivity index (χ1n) is 18.1. The van der Waals surface area contributed by atoms with E-state index in [1.807, 2.05) is 60.7 Å². The molecule has 0 radical (unpaired) electrons. The van der Waals surface area contributed by atoms with Gasteiger partial charge in [0.15, 0.2) is 23.0 Å². The first-order valence-corrected chi connectivity index (χ1v) is 18.1. The number of hydrogen-bond acceptors (Lipinski definition) is 12. The lowest BCUT2D eigenvalue weighted by atomic mass is 10.0. The number of ether oxygens (including phenoxy) is 8. The molecule has 2 N–H and O–H groups in total. The number of hydrogen-bond donors (Lipinski definition) is 2. The molecule has 0 fully saturated rings. The lowest BCUT2D eigenvalue weighted by Gasteiger charge is -2.16. The molecule has 0 aliphatic heterocycles. The summed E-state index contributed by atoms with van der Waals surface area (Å²) < 4.78 is 45.9. The van der Waals surface area contributed by atoms with Gasteiger partial charge in [0.05, 0.1) is 55.7 Å². The van der Waals surface area contributed by atoms with Gasteiger partial charge in [-0.2, -0.15) is 0 Å². The van der Waals surface area contributed by atoms with Gasteiger partial charge in [-0.3, -0.25) is 19.6 Å². The van der Waals surface area contributed by atoms with E-state index in [0.29, 0.717) is 68.5 Å². The molecule has 0 saturated heterocycles. The SMILES string of the molecule is COc1cc(/C=C\c2cc(OCCNC(=O)c3ccccn3)c(/C=C/c3cc(OC)c(OC)c(OC)c3)cc2OCCNC(=O)c2ccccn2)cc(OC)c1OC. The Morgan fingerprint density at radius 1 is 0.500 bits per heavy atom. The highest BCUT2D eigenvalue weighted by atomic mass is 16.5. The van der Waals surface area contributed by atoms with Crippen molar-refractivity contribution in [2.75, 3.05) is 69.0 Å². The second kappa shape index (κ2) is 21.2. The molecule has 5 rings (SSSR count). The third-order valence-corrected chi connectivity index (χ3v) is 8.51. The van der Waals surface area contributed by atoms with Crippen molar-refractivity contribution >= 4 is 36.1 Å². The van der Waals surface area contributed by atoms with Gasteiger partial charge in [-0.1, -0.05) is 36.4 Å². The van der Waals surface area contributed by atoms with E-state index in [-0.39, 0.29) is 38.1 Å². The summed E-state index contributed by atoms with van der Waals surface area (Å²) in [6.45, 7) is 0.686. The number of nitrogens with one attached hydrogen (secondary N) is 2. The number of amides is 2. The summed E-state index contributed by atoms with van der Waals surface area (Å²) in [6.07, 6.45) is 10.6. The molecule has 58 heavy (non-hydrogen) atoms. The standard InChI is InChI=1S/C44H46N4O10/c1-51-37-23-29(24-38(52-2)41(37)55-5)13-15-31-27-36(58-22-20-48-44(50)34-12-8-10-18-46-34)32(16-14-30-25-39(53-3)42(56-6)40(26-30)54-4)28-35(31)57-21-19-47-43(49)33-11-7-9-17-45-33/h7-18,23-28H,19-22H2,1-6H3,(H,47,49)(H,48,50)/b15-13-,16-14+. The van der Waals surface area contributed by atoms with Gasteiger partial charge in [-0.25, -0.2) is 0 Å². The van der Waals surface area contributed by atoms with Gasteiger partial charge in [0.2, 0.25) is 11.5 Å². The molecule has 0 saturated carbocycles. The second-order valence-corrected chi connectivity index (χ2v) is 12.2. The predicted octanol–water partition coefficient (Wildman–Crippen LogP) is 6.49. The Bertz CT molecular complexity index is 2010. The van der Waals surface area contributed by atoms with E-state index in [1.54, 1.807) is 91.5 Å². The zero-order valence-electron chi connectivity index (χ0n) is 33.2. The van der Waals surface area contributed by atoms with E-state index < -0.39 is 0 Å². The Labute approximate surface area is 337 Å². The first-order chi connectivity index (χ1) is 28.3. The minimum atomic E-state index is -0.320. The van der Waals surface area contributed by atoms with Crippen LogP contribution < -0.4 is 48.5 Å². The fraction of sp³-hybridized carbons (Fsp3) is 0.227. The van der Waals surface area contributed by atoms with Crippen molar-refractivity contribution < 1.29 is 47.5 Å². The van der Waals surface area contributed by atoms with Crippen LogP contribution in [0.2, 0.25) is 0 Å². The highest BCUT2D eigenvalue weighted by Crippen LogP contribution is 2.40. The van der Waals surface area contributed by atoms with E-state index in [9.17, 15) is 9.59 Å². The fourth-order valence-corrected chi connectivity index (χ4v) is 5.70. The van der Waals surface area contributed by atoms with Crippen molar-refractivity contribution in [3.8, 4) is 46.0 Å². The van der Waals surface area contributed by atoms with Crippen LogP contribution in [0.3, 0.4) is 0 Å². The number of benzene rings is 3. The number of rotatable bonds is 20. The molecule has 14 heteroatoms. The third-order valence-electron chi connectivity index (χ3n) is 8.51. The molecule has 3 aromatic carbocycles. The van der Waals surface area contributed by atoms with Crippen LogP contribution in [0.25, 0.3) is 24.3 Å². The normalized spacial score (nSPS) is 10.9.